The van der Waals surface area contributed by atoms with E-state index in [1.807, 2.05) is 35.4 Å². The zero-order valence-electron chi connectivity index (χ0n) is 21.7. The molecule has 3 rings (SSSR count). The van der Waals surface area contributed by atoms with Crippen LogP contribution in [0, 0.1) is 0 Å². The van der Waals surface area contributed by atoms with Crippen molar-refractivity contribution in [2.24, 2.45) is 0 Å². The van der Waals surface area contributed by atoms with Crippen molar-refractivity contribution in [1.29, 1.82) is 0 Å². The van der Waals surface area contributed by atoms with Crippen molar-refractivity contribution in [3.05, 3.63) is 22.7 Å². The molecule has 0 spiro atoms. The first-order chi connectivity index (χ1) is 18.0. The maximum Gasteiger partial charge on any atom is 0.351 e. The lowest BCUT2D eigenvalue weighted by molar-refractivity contribution is -0.0348. The monoisotopic (exact) mass is 589 g/mol. The second-order valence-electron chi connectivity index (χ2n) is 7.45. The van der Waals surface area contributed by atoms with E-state index in [1.54, 1.807) is 7.11 Å². The molecule has 2 aliphatic rings. The van der Waals surface area contributed by atoms with Crippen LogP contribution in [0.1, 0.15) is 32.9 Å². The first kappa shape index (κ1) is 34.5. The number of nitrogens with two attached hydrogens (primary N) is 1. The average Bonchev–Trinajstić information content (AvgIpc) is 3.28. The highest BCUT2D eigenvalue weighted by Gasteiger charge is 2.37. The zero-order valence-corrected chi connectivity index (χ0v) is 24.3. The van der Waals surface area contributed by atoms with Gasteiger partial charge in [0.25, 0.3) is 0 Å². The first-order valence-corrected chi connectivity index (χ1v) is 15.5. The molecule has 11 nitrogen and oxygen atoms in total. The van der Waals surface area contributed by atoms with Crippen LogP contribution in [0.25, 0.3) is 0 Å². The van der Waals surface area contributed by atoms with Gasteiger partial charge in [-0.15, -0.1) is 0 Å². The molecule has 15 heteroatoms. The number of alkyl halides is 1. The number of aromatic nitrogens is 2. The van der Waals surface area contributed by atoms with Crippen LogP contribution in [-0.2, 0) is 28.2 Å². The Kier molecular flexibility index (Phi) is 20.8. The third kappa shape index (κ3) is 15.0. The van der Waals surface area contributed by atoms with Gasteiger partial charge in [0.2, 0.25) is 0 Å². The van der Waals surface area contributed by atoms with E-state index in [4.69, 9.17) is 38.8 Å². The largest absolute Gasteiger partial charge is 0.383 e. The molecule has 1 aromatic heterocycles. The van der Waals surface area contributed by atoms with Gasteiger partial charge >= 0.3 is 5.69 Å². The maximum absolute atomic E-state index is 13.8. The molecule has 5 atom stereocenters. The topological polar surface area (TPSA) is 137 Å². The standard InChI is InChI=1S/C11H22O4S2.C9H13FN3O4P.C2H6/c1-12-3-4-13-5-6-14-7-8-15-11-2-9-16-17-10-11;10-6-3-5(4-16-18-15)17-8(6)13-2-1-7(11)12-9(13)14;1-2/h11H,2-10H2,1H3;1-2,5-6,8,15,18H,3-4H2,(H2,11,12,14);1-2H3. The van der Waals surface area contributed by atoms with Crippen LogP contribution >= 0.6 is 30.6 Å². The lowest BCUT2D eigenvalue weighted by atomic mass is 10.2. The van der Waals surface area contributed by atoms with Crippen molar-refractivity contribution in [3.63, 3.8) is 0 Å². The number of nitrogen functional groups attached to an aromatic ring is 1. The van der Waals surface area contributed by atoms with Crippen molar-refractivity contribution in [2.75, 3.05) is 70.6 Å². The molecule has 0 saturated carbocycles. The molecule has 2 aliphatic heterocycles. The SMILES string of the molecule is CC.COCCOCCOCCOC1CCSSC1.Nc1ccn(C2OC(COPO)CC2F)c(=O)n1. The fourth-order valence-electron chi connectivity index (χ4n) is 3.12. The smallest absolute Gasteiger partial charge is 0.351 e. The fourth-order valence-corrected chi connectivity index (χ4v) is 5.75. The quantitative estimate of drug-likeness (QED) is 0.188. The van der Waals surface area contributed by atoms with E-state index in [9.17, 15) is 9.18 Å². The summed E-state index contributed by atoms with van der Waals surface area (Å²) in [6, 6.07) is 1.40. The Balaban J connectivity index is 0.000000348. The number of rotatable bonds is 14. The van der Waals surface area contributed by atoms with E-state index < -0.39 is 33.2 Å². The van der Waals surface area contributed by atoms with E-state index in [0.29, 0.717) is 45.7 Å². The molecule has 0 radical (unpaired) electrons. The number of halogens is 1. The summed E-state index contributed by atoms with van der Waals surface area (Å²) in [7, 11) is 4.83. The molecule has 0 aliphatic carbocycles. The Bertz CT molecular complexity index is 752. The van der Waals surface area contributed by atoms with Crippen LogP contribution in [0.15, 0.2) is 17.1 Å². The van der Waals surface area contributed by atoms with E-state index in [0.717, 1.165) is 16.7 Å². The molecule has 3 N–H and O–H groups in total. The van der Waals surface area contributed by atoms with Gasteiger partial charge in [0.05, 0.1) is 58.5 Å². The molecule has 0 bridgehead atoms. The van der Waals surface area contributed by atoms with Crippen LogP contribution in [0.5, 0.6) is 0 Å². The third-order valence-corrected chi connectivity index (χ3v) is 7.62. The highest BCUT2D eigenvalue weighted by molar-refractivity contribution is 8.76. The number of anilines is 1. The second kappa shape index (κ2) is 22.3. The summed E-state index contributed by atoms with van der Waals surface area (Å²) in [6.07, 6.45) is 0.185. The van der Waals surface area contributed by atoms with Gasteiger partial charge in [-0.2, -0.15) is 4.98 Å². The molecular weight excluding hydrogens is 548 g/mol. The Morgan fingerprint density at radius 2 is 1.92 bits per heavy atom. The number of methoxy groups -OCH3 is 1. The summed E-state index contributed by atoms with van der Waals surface area (Å²) in [4.78, 5) is 23.6. The van der Waals surface area contributed by atoms with Crippen LogP contribution in [0.2, 0.25) is 0 Å². The van der Waals surface area contributed by atoms with Crippen LogP contribution in [0.3, 0.4) is 0 Å². The summed E-state index contributed by atoms with van der Waals surface area (Å²) in [5.74, 6) is 2.37. The molecule has 1 aromatic rings. The summed E-state index contributed by atoms with van der Waals surface area (Å²) in [5.41, 5.74) is 4.69. The van der Waals surface area contributed by atoms with Crippen molar-refractivity contribution >= 4 is 36.4 Å². The zero-order chi connectivity index (χ0) is 27.3. The molecule has 0 aromatic carbocycles. The minimum Gasteiger partial charge on any atom is -0.383 e. The van der Waals surface area contributed by atoms with Gasteiger partial charge < -0.3 is 38.8 Å². The van der Waals surface area contributed by atoms with Crippen molar-refractivity contribution in [2.45, 2.75) is 51.3 Å². The van der Waals surface area contributed by atoms with Gasteiger partial charge in [-0.3, -0.25) is 4.57 Å². The Morgan fingerprint density at radius 1 is 1.22 bits per heavy atom. The highest BCUT2D eigenvalue weighted by Crippen LogP contribution is 2.31. The number of nitrogens with zero attached hydrogens (tertiary/aromatic N) is 2. The van der Waals surface area contributed by atoms with Gasteiger partial charge in [-0.05, 0) is 12.5 Å². The lowest BCUT2D eigenvalue weighted by Gasteiger charge is -2.20. The predicted molar refractivity (Wildman–Crippen MR) is 147 cm³/mol. The maximum atomic E-state index is 13.8. The fraction of sp³-hybridized carbons (Fsp3) is 0.818. The van der Waals surface area contributed by atoms with E-state index in [1.165, 1.54) is 18.0 Å². The van der Waals surface area contributed by atoms with Crippen LogP contribution in [0.4, 0.5) is 10.2 Å². The van der Waals surface area contributed by atoms with E-state index >= 15 is 0 Å². The van der Waals surface area contributed by atoms with E-state index in [2.05, 4.69) is 4.98 Å². The van der Waals surface area contributed by atoms with Gasteiger partial charge in [0.15, 0.2) is 15.3 Å². The van der Waals surface area contributed by atoms with Gasteiger partial charge in [-0.25, -0.2) is 9.18 Å². The summed E-state index contributed by atoms with van der Waals surface area (Å²) in [5, 5.41) is 0. The lowest BCUT2D eigenvalue weighted by Crippen LogP contribution is -2.30. The molecule has 216 valence electrons. The van der Waals surface area contributed by atoms with Crippen molar-refractivity contribution < 1.29 is 37.5 Å². The molecular formula is C22H41FN3O8PS2. The van der Waals surface area contributed by atoms with Crippen LogP contribution in [-0.4, -0.2) is 97.7 Å². The van der Waals surface area contributed by atoms with Gasteiger partial charge in [-0.1, -0.05) is 35.4 Å². The van der Waals surface area contributed by atoms with Crippen molar-refractivity contribution in [1.82, 2.24) is 9.55 Å². The normalized spacial score (nSPS) is 23.4. The van der Waals surface area contributed by atoms with E-state index in [-0.39, 0.29) is 18.8 Å². The molecule has 2 saturated heterocycles. The van der Waals surface area contributed by atoms with Gasteiger partial charge in [0.1, 0.15) is 12.0 Å². The second-order valence-corrected chi connectivity index (χ2v) is 10.5. The molecule has 37 heavy (non-hydrogen) atoms. The third-order valence-electron chi connectivity index (χ3n) is 4.83. The summed E-state index contributed by atoms with van der Waals surface area (Å²) >= 11 is 0. The number of ether oxygens (including phenoxy) is 5. The molecule has 5 unspecified atom stereocenters. The molecule has 0 amide bonds. The van der Waals surface area contributed by atoms with Crippen molar-refractivity contribution in [3.8, 4) is 0 Å². The first-order valence-electron chi connectivity index (χ1n) is 12.2. The number of hydrogen-bond acceptors (Lipinski definition) is 12. The Hall–Kier alpha value is -0.540. The Labute approximate surface area is 228 Å². The number of hydrogen-bond donors (Lipinski definition) is 2. The molecule has 2 fully saturated rings. The highest BCUT2D eigenvalue weighted by atomic mass is 33.1. The Morgan fingerprint density at radius 3 is 2.54 bits per heavy atom. The average molecular weight is 590 g/mol. The van der Waals surface area contributed by atoms with Crippen LogP contribution < -0.4 is 11.4 Å². The molecule has 3 heterocycles. The summed E-state index contributed by atoms with van der Waals surface area (Å²) in [6.45, 7) is 7.95. The summed E-state index contributed by atoms with van der Waals surface area (Å²) < 4.78 is 46.2. The minimum atomic E-state index is -1.33. The minimum absolute atomic E-state index is 0.0750. The van der Waals surface area contributed by atoms with Gasteiger partial charge in [0, 0.05) is 31.2 Å². The predicted octanol–water partition coefficient (Wildman–Crippen LogP) is 2.83.